The molecule has 19 heavy (non-hydrogen) atoms. The summed E-state index contributed by atoms with van der Waals surface area (Å²) in [5, 5.41) is 17.9. The third kappa shape index (κ3) is 2.86. The fourth-order valence-electron chi connectivity index (χ4n) is 2.01. The molecule has 0 N–H and O–H groups in total. The zero-order valence-electron chi connectivity index (χ0n) is 10.8. The van der Waals surface area contributed by atoms with Crippen molar-refractivity contribution in [2.75, 3.05) is 38.1 Å². The molecule has 0 saturated heterocycles. The Morgan fingerprint density at radius 3 is 2.95 bits per heavy atom. The van der Waals surface area contributed by atoms with Crippen molar-refractivity contribution in [2.24, 2.45) is 10.9 Å². The van der Waals surface area contributed by atoms with Crippen LogP contribution in [0.4, 0.5) is 5.88 Å². The van der Waals surface area contributed by atoms with E-state index < -0.39 is 5.92 Å². The number of nitriles is 2. The zero-order chi connectivity index (χ0) is 13.7. The minimum absolute atomic E-state index is 0.595. The SMILES string of the molecule is CN(CCN1CCN=C1C(C#N)C#N)c1ccco1. The third-order valence-electron chi connectivity index (χ3n) is 3.07. The topological polar surface area (TPSA) is 79.6 Å². The summed E-state index contributed by atoms with van der Waals surface area (Å²) in [4.78, 5) is 8.24. The maximum atomic E-state index is 8.93. The van der Waals surface area contributed by atoms with E-state index in [0.29, 0.717) is 12.4 Å². The molecule has 0 atom stereocenters. The van der Waals surface area contributed by atoms with E-state index in [1.54, 1.807) is 6.26 Å². The van der Waals surface area contributed by atoms with Gasteiger partial charge >= 0.3 is 0 Å². The van der Waals surface area contributed by atoms with Crippen LogP contribution in [0.2, 0.25) is 0 Å². The zero-order valence-corrected chi connectivity index (χ0v) is 10.8. The molecule has 6 nitrogen and oxygen atoms in total. The minimum Gasteiger partial charge on any atom is -0.449 e. The number of nitrogens with zero attached hydrogens (tertiary/aromatic N) is 5. The molecule has 0 aromatic carbocycles. The average Bonchev–Trinajstić information content (AvgIpc) is 3.09. The highest BCUT2D eigenvalue weighted by Crippen LogP contribution is 2.14. The lowest BCUT2D eigenvalue weighted by Crippen LogP contribution is -2.38. The summed E-state index contributed by atoms with van der Waals surface area (Å²) in [6.07, 6.45) is 1.63. The largest absolute Gasteiger partial charge is 0.449 e. The van der Waals surface area contributed by atoms with E-state index in [0.717, 1.165) is 25.5 Å². The van der Waals surface area contributed by atoms with Crippen molar-refractivity contribution in [3.05, 3.63) is 18.4 Å². The van der Waals surface area contributed by atoms with Gasteiger partial charge in [-0.15, -0.1) is 0 Å². The molecule has 1 aliphatic heterocycles. The Hall–Kier alpha value is -2.47. The summed E-state index contributed by atoms with van der Waals surface area (Å²) < 4.78 is 5.30. The van der Waals surface area contributed by atoms with Gasteiger partial charge < -0.3 is 14.2 Å². The van der Waals surface area contributed by atoms with Gasteiger partial charge in [-0.05, 0) is 6.07 Å². The second kappa shape index (κ2) is 5.92. The molecule has 0 unspecified atom stereocenters. The van der Waals surface area contributed by atoms with Crippen LogP contribution >= 0.6 is 0 Å². The first-order chi connectivity index (χ1) is 9.26. The number of anilines is 1. The normalized spacial score (nSPS) is 14.1. The summed E-state index contributed by atoms with van der Waals surface area (Å²) in [5.74, 6) is 0.629. The van der Waals surface area contributed by atoms with Crippen LogP contribution in [0.15, 0.2) is 27.8 Å². The number of likely N-dealkylation sites (N-methyl/N-ethyl adjacent to an activating group) is 1. The van der Waals surface area contributed by atoms with Crippen LogP contribution in [-0.4, -0.2) is 44.0 Å². The Balaban J connectivity index is 1.92. The highest BCUT2D eigenvalue weighted by atomic mass is 16.3. The van der Waals surface area contributed by atoms with Gasteiger partial charge in [0.05, 0.1) is 24.9 Å². The molecule has 1 aromatic heterocycles. The Morgan fingerprint density at radius 2 is 2.32 bits per heavy atom. The van der Waals surface area contributed by atoms with E-state index in [4.69, 9.17) is 14.9 Å². The van der Waals surface area contributed by atoms with Crippen LogP contribution in [0.25, 0.3) is 0 Å². The fraction of sp³-hybridized carbons (Fsp3) is 0.462. The lowest BCUT2D eigenvalue weighted by molar-refractivity contribution is 0.446. The Morgan fingerprint density at radius 1 is 1.53 bits per heavy atom. The van der Waals surface area contributed by atoms with Gasteiger partial charge in [0.15, 0.2) is 11.8 Å². The molecule has 0 amide bonds. The van der Waals surface area contributed by atoms with E-state index in [1.165, 1.54) is 0 Å². The molecule has 0 bridgehead atoms. The quantitative estimate of drug-likeness (QED) is 0.789. The van der Waals surface area contributed by atoms with Gasteiger partial charge in [-0.3, -0.25) is 4.99 Å². The maximum absolute atomic E-state index is 8.93. The molecule has 2 rings (SSSR count). The van der Waals surface area contributed by atoms with Gasteiger partial charge in [-0.2, -0.15) is 10.5 Å². The molecule has 0 fully saturated rings. The summed E-state index contributed by atoms with van der Waals surface area (Å²) in [6.45, 7) is 2.88. The first kappa shape index (κ1) is 13.0. The van der Waals surface area contributed by atoms with Crippen molar-refractivity contribution in [2.45, 2.75) is 0 Å². The van der Waals surface area contributed by atoms with Gasteiger partial charge in [-0.25, -0.2) is 0 Å². The molecule has 0 saturated carbocycles. The first-order valence-electron chi connectivity index (χ1n) is 6.09. The Labute approximate surface area is 112 Å². The van der Waals surface area contributed by atoms with E-state index in [9.17, 15) is 0 Å². The molecule has 0 radical (unpaired) electrons. The summed E-state index contributed by atoms with van der Waals surface area (Å²) in [6, 6.07) is 7.68. The second-order valence-electron chi connectivity index (χ2n) is 4.29. The molecular formula is C13H15N5O. The standard InChI is InChI=1S/C13H15N5O/c1-17(12-3-2-8-19-12)6-7-18-5-4-16-13(18)11(9-14)10-15/h2-3,8,11H,4-7H2,1H3. The van der Waals surface area contributed by atoms with Crippen LogP contribution in [-0.2, 0) is 0 Å². The molecule has 98 valence electrons. The van der Waals surface area contributed by atoms with Gasteiger partial charge in [-0.1, -0.05) is 0 Å². The Bertz CT molecular complexity index is 508. The number of hydrogen-bond donors (Lipinski definition) is 0. The maximum Gasteiger partial charge on any atom is 0.194 e. The van der Waals surface area contributed by atoms with Crippen molar-refractivity contribution in [1.29, 1.82) is 10.5 Å². The van der Waals surface area contributed by atoms with Gasteiger partial charge in [0.25, 0.3) is 0 Å². The number of aliphatic imine (C=N–C) groups is 1. The molecule has 0 spiro atoms. The third-order valence-corrected chi connectivity index (χ3v) is 3.07. The van der Waals surface area contributed by atoms with Crippen LogP contribution in [0.1, 0.15) is 0 Å². The number of amidine groups is 1. The van der Waals surface area contributed by atoms with Crippen LogP contribution < -0.4 is 4.90 Å². The van der Waals surface area contributed by atoms with Crippen LogP contribution in [0, 0.1) is 28.6 Å². The molecule has 6 heteroatoms. The molecular weight excluding hydrogens is 242 g/mol. The summed E-state index contributed by atoms with van der Waals surface area (Å²) in [7, 11) is 1.94. The lowest BCUT2D eigenvalue weighted by Gasteiger charge is -2.24. The highest BCUT2D eigenvalue weighted by molar-refractivity contribution is 5.90. The van der Waals surface area contributed by atoms with Gasteiger partial charge in [0.2, 0.25) is 0 Å². The number of furan rings is 1. The smallest absolute Gasteiger partial charge is 0.194 e. The number of rotatable bonds is 5. The van der Waals surface area contributed by atoms with Crippen LogP contribution in [0.5, 0.6) is 0 Å². The van der Waals surface area contributed by atoms with Gasteiger partial charge in [0.1, 0.15) is 5.84 Å². The first-order valence-corrected chi connectivity index (χ1v) is 6.09. The molecule has 1 aliphatic rings. The average molecular weight is 257 g/mol. The van der Waals surface area contributed by atoms with Crippen molar-refractivity contribution in [1.82, 2.24) is 4.90 Å². The summed E-state index contributed by atoms with van der Waals surface area (Å²) in [5.41, 5.74) is 0. The van der Waals surface area contributed by atoms with Gasteiger partial charge in [0, 0.05) is 32.7 Å². The fourth-order valence-corrected chi connectivity index (χ4v) is 2.01. The molecule has 0 aliphatic carbocycles. The Kier molecular flexibility index (Phi) is 4.04. The van der Waals surface area contributed by atoms with E-state index >= 15 is 0 Å². The summed E-state index contributed by atoms with van der Waals surface area (Å²) >= 11 is 0. The van der Waals surface area contributed by atoms with Crippen molar-refractivity contribution in [3.8, 4) is 12.1 Å². The predicted octanol–water partition coefficient (Wildman–Crippen LogP) is 1.09. The highest BCUT2D eigenvalue weighted by Gasteiger charge is 2.25. The molecule has 2 heterocycles. The van der Waals surface area contributed by atoms with Crippen molar-refractivity contribution >= 4 is 11.7 Å². The molecule has 1 aromatic rings. The monoisotopic (exact) mass is 257 g/mol. The van der Waals surface area contributed by atoms with E-state index in [1.807, 2.05) is 41.1 Å². The van der Waals surface area contributed by atoms with Crippen molar-refractivity contribution < 1.29 is 4.42 Å². The van der Waals surface area contributed by atoms with E-state index in [2.05, 4.69) is 4.99 Å². The van der Waals surface area contributed by atoms with E-state index in [-0.39, 0.29) is 0 Å². The predicted molar refractivity (Wildman–Crippen MR) is 70.6 cm³/mol. The number of hydrogen-bond acceptors (Lipinski definition) is 6. The second-order valence-corrected chi connectivity index (χ2v) is 4.29. The minimum atomic E-state index is -0.767. The van der Waals surface area contributed by atoms with Crippen LogP contribution in [0.3, 0.4) is 0 Å². The lowest BCUT2D eigenvalue weighted by atomic mass is 10.1. The van der Waals surface area contributed by atoms with Crippen molar-refractivity contribution in [3.63, 3.8) is 0 Å².